The first-order valence-electron chi connectivity index (χ1n) is 9.88. The summed E-state index contributed by atoms with van der Waals surface area (Å²) in [5.74, 6) is -0.280. The number of rotatable bonds is 6. The first-order chi connectivity index (χ1) is 13.0. The highest BCUT2D eigenvalue weighted by atomic mass is 16.3. The van der Waals surface area contributed by atoms with E-state index in [0.29, 0.717) is 12.0 Å². The number of likely N-dealkylation sites (tertiary alicyclic amines) is 1. The highest BCUT2D eigenvalue weighted by Gasteiger charge is 2.37. The van der Waals surface area contributed by atoms with Gasteiger partial charge in [-0.25, -0.2) is 0 Å². The zero-order valence-corrected chi connectivity index (χ0v) is 16.3. The fourth-order valence-corrected chi connectivity index (χ4v) is 3.78. The predicted octanol–water partition coefficient (Wildman–Crippen LogP) is 3.37. The van der Waals surface area contributed by atoms with Crippen LogP contribution in [0.15, 0.2) is 54.6 Å². The molecule has 3 rings (SSSR count). The van der Waals surface area contributed by atoms with Gasteiger partial charge in [-0.05, 0) is 37.3 Å². The number of carbonyl (C=O) groups is 1. The molecule has 2 aromatic rings. The van der Waals surface area contributed by atoms with Crippen molar-refractivity contribution in [1.29, 1.82) is 0 Å². The molecule has 4 heteroatoms. The van der Waals surface area contributed by atoms with Gasteiger partial charge in [0.05, 0.1) is 0 Å². The summed E-state index contributed by atoms with van der Waals surface area (Å²) in [6, 6.07) is 18.2. The molecule has 2 N–H and O–H groups in total. The van der Waals surface area contributed by atoms with Crippen LogP contribution in [0.25, 0.3) is 0 Å². The third kappa shape index (κ3) is 4.76. The lowest BCUT2D eigenvalue weighted by atomic mass is 9.88. The lowest BCUT2D eigenvalue weighted by Gasteiger charge is -2.35. The number of hydrogen-bond acceptors (Lipinski definition) is 3. The number of amides is 1. The van der Waals surface area contributed by atoms with E-state index in [2.05, 4.69) is 34.5 Å². The van der Waals surface area contributed by atoms with Crippen LogP contribution in [0.5, 0.6) is 0 Å². The van der Waals surface area contributed by atoms with Crippen LogP contribution in [0.3, 0.4) is 0 Å². The van der Waals surface area contributed by atoms with E-state index in [-0.39, 0.29) is 11.9 Å². The van der Waals surface area contributed by atoms with Crippen molar-refractivity contribution >= 4 is 5.91 Å². The normalized spacial score (nSPS) is 18.0. The van der Waals surface area contributed by atoms with Crippen molar-refractivity contribution in [2.75, 3.05) is 13.1 Å². The van der Waals surface area contributed by atoms with Gasteiger partial charge in [0.25, 0.3) is 5.91 Å². The Morgan fingerprint density at radius 3 is 2.48 bits per heavy atom. The Labute approximate surface area is 162 Å². The number of benzene rings is 2. The van der Waals surface area contributed by atoms with Crippen LogP contribution in [0.2, 0.25) is 0 Å². The maximum absolute atomic E-state index is 12.9. The van der Waals surface area contributed by atoms with Crippen LogP contribution < -0.4 is 5.32 Å². The number of nitrogens with one attached hydrogen (secondary N) is 1. The van der Waals surface area contributed by atoms with Gasteiger partial charge >= 0.3 is 0 Å². The van der Waals surface area contributed by atoms with Crippen molar-refractivity contribution in [3.8, 4) is 0 Å². The average molecular weight is 367 g/mol. The summed E-state index contributed by atoms with van der Waals surface area (Å²) in [7, 11) is 0. The lowest BCUT2D eigenvalue weighted by molar-refractivity contribution is -0.142. The Morgan fingerprint density at radius 2 is 1.85 bits per heavy atom. The molecule has 1 amide bonds. The molecule has 144 valence electrons. The largest absolute Gasteiger partial charge is 0.375 e. The minimum absolute atomic E-state index is 0.118. The predicted molar refractivity (Wildman–Crippen MR) is 108 cm³/mol. The topological polar surface area (TPSA) is 52.6 Å². The Kier molecular flexibility index (Phi) is 6.30. The van der Waals surface area contributed by atoms with Crippen molar-refractivity contribution in [1.82, 2.24) is 10.2 Å². The van der Waals surface area contributed by atoms with Gasteiger partial charge in [-0.2, -0.15) is 0 Å². The third-order valence-electron chi connectivity index (χ3n) is 5.55. The zero-order chi connectivity index (χ0) is 19.3. The molecule has 0 saturated carbocycles. The number of aliphatic hydroxyl groups is 1. The van der Waals surface area contributed by atoms with Crippen LogP contribution in [0.1, 0.15) is 42.9 Å². The second kappa shape index (κ2) is 8.68. The average Bonchev–Trinajstić information content (AvgIpc) is 2.69. The van der Waals surface area contributed by atoms with Crippen molar-refractivity contribution in [2.45, 2.75) is 51.3 Å². The van der Waals surface area contributed by atoms with Crippen LogP contribution >= 0.6 is 0 Å². The Morgan fingerprint density at radius 1 is 1.15 bits per heavy atom. The molecule has 4 nitrogen and oxygen atoms in total. The van der Waals surface area contributed by atoms with E-state index >= 15 is 0 Å². The van der Waals surface area contributed by atoms with E-state index in [0.717, 1.165) is 38.0 Å². The second-order valence-corrected chi connectivity index (χ2v) is 7.59. The van der Waals surface area contributed by atoms with Gasteiger partial charge in [0.1, 0.15) is 0 Å². The van der Waals surface area contributed by atoms with Gasteiger partial charge in [-0.15, -0.1) is 0 Å². The summed E-state index contributed by atoms with van der Waals surface area (Å²) >= 11 is 0. The van der Waals surface area contributed by atoms with Crippen LogP contribution in [0.4, 0.5) is 0 Å². The quantitative estimate of drug-likeness (QED) is 0.824. The number of carbonyl (C=O) groups excluding carboxylic acids is 1. The fraction of sp³-hybridized carbons (Fsp3) is 0.435. The van der Waals surface area contributed by atoms with E-state index in [1.807, 2.05) is 44.2 Å². The molecule has 1 fully saturated rings. The molecule has 0 bridgehead atoms. The highest BCUT2D eigenvalue weighted by molar-refractivity contribution is 5.86. The van der Waals surface area contributed by atoms with Crippen LogP contribution in [-0.4, -0.2) is 35.0 Å². The highest BCUT2D eigenvalue weighted by Crippen LogP contribution is 2.27. The summed E-state index contributed by atoms with van der Waals surface area (Å²) in [6.07, 6.45) is 2.17. The number of hydrogen-bond donors (Lipinski definition) is 2. The van der Waals surface area contributed by atoms with Gasteiger partial charge in [0, 0.05) is 25.7 Å². The zero-order valence-electron chi connectivity index (χ0n) is 16.3. The molecule has 1 atom stereocenters. The molecule has 1 heterocycles. The molecular formula is C23H30N2O2. The Hall–Kier alpha value is -2.17. The van der Waals surface area contributed by atoms with E-state index < -0.39 is 5.60 Å². The summed E-state index contributed by atoms with van der Waals surface area (Å²) in [5, 5.41) is 14.1. The first kappa shape index (κ1) is 19.6. The van der Waals surface area contributed by atoms with E-state index in [9.17, 15) is 9.90 Å². The maximum atomic E-state index is 12.9. The van der Waals surface area contributed by atoms with Gasteiger partial charge in [0.15, 0.2) is 5.60 Å². The van der Waals surface area contributed by atoms with Gasteiger partial charge in [-0.1, -0.05) is 67.1 Å². The van der Waals surface area contributed by atoms with Crippen LogP contribution in [0, 0.1) is 6.92 Å². The molecular weight excluding hydrogens is 336 g/mol. The molecule has 0 aliphatic carbocycles. The van der Waals surface area contributed by atoms with Crippen molar-refractivity contribution in [3.05, 3.63) is 71.3 Å². The number of nitrogens with zero attached hydrogens (tertiary/aromatic N) is 1. The number of piperidine rings is 1. The van der Waals surface area contributed by atoms with Gasteiger partial charge in [0.2, 0.25) is 0 Å². The standard InChI is InChI=1S/C23H30N2O2/c1-3-23(27,20-11-7-8-18(2)16-20)22(26)24-21-12-14-25(15-13-21)17-19-9-5-4-6-10-19/h4-11,16,21,27H,3,12-15,17H2,1-2H3,(H,24,26). The fourth-order valence-electron chi connectivity index (χ4n) is 3.78. The second-order valence-electron chi connectivity index (χ2n) is 7.59. The summed E-state index contributed by atoms with van der Waals surface area (Å²) < 4.78 is 0. The summed E-state index contributed by atoms with van der Waals surface area (Å²) in [6.45, 7) is 6.68. The monoisotopic (exact) mass is 366 g/mol. The lowest BCUT2D eigenvalue weighted by Crippen LogP contribution is -2.51. The van der Waals surface area contributed by atoms with E-state index in [1.54, 1.807) is 0 Å². The van der Waals surface area contributed by atoms with E-state index in [4.69, 9.17) is 0 Å². The molecule has 1 aliphatic heterocycles. The van der Waals surface area contributed by atoms with Crippen molar-refractivity contribution < 1.29 is 9.90 Å². The SMILES string of the molecule is CCC(O)(C(=O)NC1CCN(Cc2ccccc2)CC1)c1cccc(C)c1. The smallest absolute Gasteiger partial charge is 0.256 e. The Balaban J connectivity index is 1.56. The molecule has 1 unspecified atom stereocenters. The number of aryl methyl sites for hydroxylation is 1. The summed E-state index contributed by atoms with van der Waals surface area (Å²) in [4.78, 5) is 15.3. The van der Waals surface area contributed by atoms with Crippen molar-refractivity contribution in [3.63, 3.8) is 0 Å². The molecule has 1 saturated heterocycles. The minimum atomic E-state index is -1.47. The van der Waals surface area contributed by atoms with Crippen LogP contribution in [-0.2, 0) is 16.9 Å². The summed E-state index contributed by atoms with van der Waals surface area (Å²) in [5.41, 5.74) is 1.57. The van der Waals surface area contributed by atoms with Gasteiger partial charge in [-0.3, -0.25) is 9.69 Å². The molecule has 0 spiro atoms. The molecule has 1 aliphatic rings. The molecule has 0 radical (unpaired) electrons. The van der Waals surface area contributed by atoms with E-state index in [1.165, 1.54) is 5.56 Å². The van der Waals surface area contributed by atoms with Crippen molar-refractivity contribution in [2.24, 2.45) is 0 Å². The minimum Gasteiger partial charge on any atom is -0.375 e. The van der Waals surface area contributed by atoms with Gasteiger partial charge < -0.3 is 10.4 Å². The first-order valence-corrected chi connectivity index (χ1v) is 9.88. The third-order valence-corrected chi connectivity index (χ3v) is 5.55. The maximum Gasteiger partial charge on any atom is 0.256 e. The Bertz CT molecular complexity index is 754. The molecule has 2 aromatic carbocycles. The molecule has 27 heavy (non-hydrogen) atoms. The molecule has 0 aromatic heterocycles.